The molecule has 0 unspecified atom stereocenters. The Labute approximate surface area is 130 Å². The van der Waals surface area contributed by atoms with Crippen LogP contribution in [0.25, 0.3) is 0 Å². The van der Waals surface area contributed by atoms with Crippen molar-refractivity contribution in [2.24, 2.45) is 12.5 Å². The lowest BCUT2D eigenvalue weighted by atomic mass is 9.82. The molecule has 1 aromatic heterocycles. The van der Waals surface area contributed by atoms with Crippen LogP contribution in [0.2, 0.25) is 0 Å². The third kappa shape index (κ3) is 4.04. The van der Waals surface area contributed by atoms with Crippen LogP contribution in [0.3, 0.4) is 0 Å². The highest BCUT2D eigenvalue weighted by Crippen LogP contribution is 2.33. The van der Waals surface area contributed by atoms with Gasteiger partial charge in [0.15, 0.2) is 0 Å². The molecule has 0 aliphatic carbocycles. The minimum absolute atomic E-state index is 0.0200. The number of aryl methyl sites for hydroxylation is 1. The average molecular weight is 302 g/mol. The van der Waals surface area contributed by atoms with E-state index in [4.69, 9.17) is 0 Å². The molecule has 0 saturated heterocycles. The fraction of sp³-hybridized carbons (Fsp3) is 0.389. The summed E-state index contributed by atoms with van der Waals surface area (Å²) in [6, 6.07) is 10.2. The number of halogens is 1. The number of nitrogens with zero attached hydrogens (tertiary/aromatic N) is 1. The molecule has 0 radical (unpaired) electrons. The van der Waals surface area contributed by atoms with Crippen LogP contribution in [0.5, 0.6) is 0 Å². The molecule has 1 N–H and O–H groups in total. The molecule has 0 bridgehead atoms. The second kappa shape index (κ2) is 6.44. The summed E-state index contributed by atoms with van der Waals surface area (Å²) in [5.41, 5.74) is 1.93. The third-order valence-electron chi connectivity index (χ3n) is 3.75. The van der Waals surface area contributed by atoms with E-state index in [1.54, 1.807) is 23.9 Å². The van der Waals surface area contributed by atoms with Gasteiger partial charge in [-0.15, -0.1) is 0 Å². The number of benzene rings is 1. The van der Waals surface area contributed by atoms with Crippen LogP contribution in [0.1, 0.15) is 37.9 Å². The quantitative estimate of drug-likeness (QED) is 0.939. The van der Waals surface area contributed by atoms with E-state index in [2.05, 4.69) is 26.1 Å². The van der Waals surface area contributed by atoms with E-state index in [1.807, 2.05) is 18.2 Å². The zero-order valence-electron chi connectivity index (χ0n) is 13.6. The third-order valence-corrected chi connectivity index (χ3v) is 3.75. The molecule has 22 heavy (non-hydrogen) atoms. The Morgan fingerprint density at radius 3 is 2.36 bits per heavy atom. The molecule has 0 aliphatic heterocycles. The van der Waals surface area contributed by atoms with Gasteiger partial charge in [-0.3, -0.25) is 4.79 Å². The fourth-order valence-corrected chi connectivity index (χ4v) is 2.50. The minimum Gasteiger partial charge on any atom is -0.319 e. The van der Waals surface area contributed by atoms with Crippen molar-refractivity contribution in [2.75, 3.05) is 0 Å². The SMILES string of the molecule is Cn1ccc(CN[C@H](c2ccc(F)cc2)C(C)(C)C)cc1=O. The zero-order chi connectivity index (χ0) is 16.3. The molecule has 118 valence electrons. The van der Waals surface area contributed by atoms with Gasteiger partial charge in [0.2, 0.25) is 0 Å². The minimum atomic E-state index is -0.233. The van der Waals surface area contributed by atoms with Crippen molar-refractivity contribution in [3.05, 3.63) is 69.9 Å². The highest BCUT2D eigenvalue weighted by molar-refractivity contribution is 5.22. The molecule has 0 spiro atoms. The van der Waals surface area contributed by atoms with E-state index >= 15 is 0 Å². The van der Waals surface area contributed by atoms with Crippen molar-refractivity contribution in [1.29, 1.82) is 0 Å². The summed E-state index contributed by atoms with van der Waals surface area (Å²) >= 11 is 0. The van der Waals surface area contributed by atoms with Crippen LogP contribution in [-0.2, 0) is 13.6 Å². The van der Waals surface area contributed by atoms with Crippen LogP contribution in [0.4, 0.5) is 4.39 Å². The number of hydrogen-bond donors (Lipinski definition) is 1. The van der Waals surface area contributed by atoms with Gasteiger partial charge in [0.05, 0.1) is 0 Å². The predicted molar refractivity (Wildman–Crippen MR) is 87.1 cm³/mol. The van der Waals surface area contributed by atoms with Crippen molar-refractivity contribution in [3.63, 3.8) is 0 Å². The van der Waals surface area contributed by atoms with E-state index < -0.39 is 0 Å². The maximum absolute atomic E-state index is 13.1. The monoisotopic (exact) mass is 302 g/mol. The largest absolute Gasteiger partial charge is 0.319 e. The fourth-order valence-electron chi connectivity index (χ4n) is 2.50. The molecule has 2 aromatic rings. The molecular weight excluding hydrogens is 279 g/mol. The first kappa shape index (κ1) is 16.4. The smallest absolute Gasteiger partial charge is 0.250 e. The van der Waals surface area contributed by atoms with E-state index in [0.29, 0.717) is 6.54 Å². The molecule has 1 aromatic carbocycles. The molecule has 0 fully saturated rings. The van der Waals surface area contributed by atoms with Gasteiger partial charge in [0, 0.05) is 31.9 Å². The van der Waals surface area contributed by atoms with Gasteiger partial charge >= 0.3 is 0 Å². The first-order valence-electron chi connectivity index (χ1n) is 7.42. The molecule has 1 heterocycles. The van der Waals surface area contributed by atoms with Crippen molar-refractivity contribution in [1.82, 2.24) is 9.88 Å². The molecule has 3 nitrogen and oxygen atoms in total. The maximum Gasteiger partial charge on any atom is 0.250 e. The van der Waals surface area contributed by atoms with Gasteiger partial charge in [-0.25, -0.2) is 4.39 Å². The summed E-state index contributed by atoms with van der Waals surface area (Å²) in [4.78, 5) is 11.7. The molecule has 0 amide bonds. The lowest BCUT2D eigenvalue weighted by Gasteiger charge is -2.32. The molecule has 2 rings (SSSR count). The van der Waals surface area contributed by atoms with Crippen LogP contribution >= 0.6 is 0 Å². The van der Waals surface area contributed by atoms with Crippen LogP contribution in [0.15, 0.2) is 47.4 Å². The Balaban J connectivity index is 2.19. The first-order chi connectivity index (χ1) is 10.3. The predicted octanol–water partition coefficient (Wildman–Crippen LogP) is 3.40. The summed E-state index contributed by atoms with van der Waals surface area (Å²) in [6.07, 6.45) is 1.77. The lowest BCUT2D eigenvalue weighted by molar-refractivity contribution is 0.271. The molecular formula is C18H23FN2O. The highest BCUT2D eigenvalue weighted by Gasteiger charge is 2.25. The van der Waals surface area contributed by atoms with Crippen molar-refractivity contribution >= 4 is 0 Å². The highest BCUT2D eigenvalue weighted by atomic mass is 19.1. The Morgan fingerprint density at radius 2 is 1.82 bits per heavy atom. The number of aromatic nitrogens is 1. The normalized spacial score (nSPS) is 13.1. The summed E-state index contributed by atoms with van der Waals surface area (Å²) in [7, 11) is 1.73. The second-order valence-corrected chi connectivity index (χ2v) is 6.72. The Kier molecular flexibility index (Phi) is 4.81. The van der Waals surface area contributed by atoms with Gasteiger partial charge in [-0.05, 0) is 34.7 Å². The van der Waals surface area contributed by atoms with E-state index in [0.717, 1.165) is 11.1 Å². The van der Waals surface area contributed by atoms with Crippen molar-refractivity contribution in [2.45, 2.75) is 33.4 Å². The first-order valence-corrected chi connectivity index (χ1v) is 7.42. The summed E-state index contributed by atoms with van der Waals surface area (Å²) in [5, 5.41) is 3.49. The van der Waals surface area contributed by atoms with Gasteiger partial charge in [0.1, 0.15) is 5.82 Å². The topological polar surface area (TPSA) is 34.0 Å². The molecule has 0 saturated carbocycles. The van der Waals surface area contributed by atoms with Gasteiger partial charge in [-0.2, -0.15) is 0 Å². The molecule has 0 aliphatic rings. The van der Waals surface area contributed by atoms with Crippen LogP contribution < -0.4 is 10.9 Å². The van der Waals surface area contributed by atoms with Crippen molar-refractivity contribution in [3.8, 4) is 0 Å². The molecule has 4 heteroatoms. The lowest BCUT2D eigenvalue weighted by Crippen LogP contribution is -2.32. The van der Waals surface area contributed by atoms with Gasteiger partial charge < -0.3 is 9.88 Å². The summed E-state index contributed by atoms with van der Waals surface area (Å²) in [5.74, 6) is -0.233. The van der Waals surface area contributed by atoms with Gasteiger partial charge in [-0.1, -0.05) is 32.9 Å². The number of rotatable bonds is 4. The van der Waals surface area contributed by atoms with E-state index in [-0.39, 0.29) is 22.8 Å². The van der Waals surface area contributed by atoms with Crippen LogP contribution in [-0.4, -0.2) is 4.57 Å². The zero-order valence-corrected chi connectivity index (χ0v) is 13.6. The Hall–Kier alpha value is -1.94. The standard InChI is InChI=1S/C18H23FN2O/c1-18(2,3)17(14-5-7-15(19)8-6-14)20-12-13-9-10-21(4)16(22)11-13/h5-11,17,20H,12H2,1-4H3/t17-/m1/s1. The Bertz CT molecular complexity index is 683. The Morgan fingerprint density at radius 1 is 1.18 bits per heavy atom. The number of nitrogens with one attached hydrogen (secondary N) is 1. The van der Waals surface area contributed by atoms with E-state index in [9.17, 15) is 9.18 Å². The second-order valence-electron chi connectivity index (χ2n) is 6.72. The van der Waals surface area contributed by atoms with Crippen molar-refractivity contribution < 1.29 is 4.39 Å². The van der Waals surface area contributed by atoms with E-state index in [1.165, 1.54) is 12.1 Å². The number of hydrogen-bond acceptors (Lipinski definition) is 2. The molecule has 1 atom stereocenters. The summed E-state index contributed by atoms with van der Waals surface area (Å²) in [6.45, 7) is 7.00. The maximum atomic E-state index is 13.1. The average Bonchev–Trinajstić information content (AvgIpc) is 2.43. The summed E-state index contributed by atoms with van der Waals surface area (Å²) < 4.78 is 14.7. The number of pyridine rings is 1. The van der Waals surface area contributed by atoms with Gasteiger partial charge in [0.25, 0.3) is 5.56 Å². The van der Waals surface area contributed by atoms with Crippen LogP contribution in [0, 0.1) is 11.2 Å².